The molecule has 0 aliphatic carbocycles. The van der Waals surface area contributed by atoms with Crippen molar-refractivity contribution in [1.82, 2.24) is 4.90 Å². The first-order chi connectivity index (χ1) is 12.4. The molecule has 1 aromatic carbocycles. The summed E-state index contributed by atoms with van der Waals surface area (Å²) < 4.78 is 6.16. The molecule has 0 bridgehead atoms. The van der Waals surface area contributed by atoms with Crippen LogP contribution < -0.4 is 5.32 Å². The molecule has 1 unspecified atom stereocenters. The smallest absolute Gasteiger partial charge is 0.310 e. The van der Waals surface area contributed by atoms with Crippen LogP contribution in [-0.4, -0.2) is 36.5 Å². The Balaban J connectivity index is 2.07. The number of piperidine rings is 1. The van der Waals surface area contributed by atoms with Gasteiger partial charge in [0.05, 0.1) is 12.5 Å². The number of nitrogens with one attached hydrogen (secondary N) is 1. The fourth-order valence-corrected chi connectivity index (χ4v) is 3.50. The normalized spacial score (nSPS) is 17.4. The van der Waals surface area contributed by atoms with Gasteiger partial charge >= 0.3 is 5.97 Å². The lowest BCUT2D eigenvalue weighted by Crippen LogP contribution is -2.37. The van der Waals surface area contributed by atoms with Gasteiger partial charge in [0.25, 0.3) is 5.91 Å². The number of hydrogen-bond donors (Lipinski definition) is 1. The fraction of sp³-hybridized carbons (Fsp3) is 0.421. The number of esters is 1. The molecule has 2 rings (SSSR count). The number of aryl methyl sites for hydroxylation is 1. The quantitative estimate of drug-likeness (QED) is 0.311. The maximum absolute atomic E-state index is 12.5. The van der Waals surface area contributed by atoms with E-state index in [1.165, 1.54) is 0 Å². The van der Waals surface area contributed by atoms with E-state index in [1.807, 2.05) is 36.1 Å². The van der Waals surface area contributed by atoms with Crippen molar-refractivity contribution in [2.45, 2.75) is 26.7 Å². The van der Waals surface area contributed by atoms with Gasteiger partial charge in [0.15, 0.2) is 0 Å². The van der Waals surface area contributed by atoms with Gasteiger partial charge in [-0.15, -0.1) is 0 Å². The minimum absolute atomic E-state index is 0.0208. The monoisotopic (exact) mass is 467 g/mol. The third kappa shape index (κ3) is 5.46. The second-order valence-corrected chi connectivity index (χ2v) is 7.40. The van der Waals surface area contributed by atoms with Crippen LogP contribution in [-0.2, 0) is 14.3 Å². The highest BCUT2D eigenvalue weighted by Crippen LogP contribution is 2.20. The van der Waals surface area contributed by atoms with Crippen LogP contribution in [0.2, 0.25) is 0 Å². The minimum atomic E-state index is -0.449. The van der Waals surface area contributed by atoms with E-state index in [4.69, 9.17) is 4.74 Å². The topological polar surface area (TPSA) is 82.4 Å². The van der Waals surface area contributed by atoms with E-state index < -0.39 is 5.91 Å². The Bertz CT molecular complexity index is 755. The molecule has 138 valence electrons. The van der Waals surface area contributed by atoms with Crippen molar-refractivity contribution in [3.05, 3.63) is 39.1 Å². The molecule has 0 spiro atoms. The number of nitriles is 1. The van der Waals surface area contributed by atoms with Crippen molar-refractivity contribution in [2.75, 3.05) is 25.0 Å². The predicted molar refractivity (Wildman–Crippen MR) is 107 cm³/mol. The van der Waals surface area contributed by atoms with Gasteiger partial charge in [0, 0.05) is 28.5 Å². The second-order valence-electron chi connectivity index (χ2n) is 6.15. The first-order valence-electron chi connectivity index (χ1n) is 8.54. The average Bonchev–Trinajstić information content (AvgIpc) is 2.62. The highest BCUT2D eigenvalue weighted by molar-refractivity contribution is 14.1. The Labute approximate surface area is 167 Å². The molecule has 1 aromatic rings. The Kier molecular flexibility index (Phi) is 7.45. The number of amides is 1. The van der Waals surface area contributed by atoms with Crippen molar-refractivity contribution in [1.29, 1.82) is 5.26 Å². The number of nitrogens with zero attached hydrogens (tertiary/aromatic N) is 2. The molecule has 1 atom stereocenters. The minimum Gasteiger partial charge on any atom is -0.466 e. The second kappa shape index (κ2) is 9.57. The maximum Gasteiger partial charge on any atom is 0.310 e. The van der Waals surface area contributed by atoms with Crippen molar-refractivity contribution in [3.63, 3.8) is 0 Å². The van der Waals surface area contributed by atoms with E-state index in [0.29, 0.717) is 25.4 Å². The predicted octanol–water partition coefficient (Wildman–Crippen LogP) is 3.22. The number of ether oxygens (including phenoxy) is 1. The van der Waals surface area contributed by atoms with Crippen molar-refractivity contribution in [3.8, 4) is 6.07 Å². The summed E-state index contributed by atoms with van der Waals surface area (Å²) in [5.41, 5.74) is 1.63. The van der Waals surface area contributed by atoms with E-state index >= 15 is 0 Å². The van der Waals surface area contributed by atoms with Crippen LogP contribution >= 0.6 is 22.6 Å². The molecule has 1 saturated heterocycles. The number of hydrogen-bond acceptors (Lipinski definition) is 5. The van der Waals surface area contributed by atoms with Gasteiger partial charge in [0.2, 0.25) is 0 Å². The van der Waals surface area contributed by atoms with Gasteiger partial charge < -0.3 is 15.0 Å². The summed E-state index contributed by atoms with van der Waals surface area (Å²) in [7, 11) is 0. The summed E-state index contributed by atoms with van der Waals surface area (Å²) in [4.78, 5) is 26.2. The van der Waals surface area contributed by atoms with Gasteiger partial charge in [-0.25, -0.2) is 0 Å². The number of carbonyl (C=O) groups excluding carboxylic acids is 2. The third-order valence-electron chi connectivity index (χ3n) is 4.19. The molecular formula is C19H22IN3O3. The number of halogens is 1. The summed E-state index contributed by atoms with van der Waals surface area (Å²) in [6.45, 7) is 5.20. The molecule has 1 aliphatic heterocycles. The molecule has 0 radical (unpaired) electrons. The van der Waals surface area contributed by atoms with Gasteiger partial charge in [-0.2, -0.15) is 5.26 Å². The number of likely N-dealkylation sites (tertiary alicyclic amines) is 1. The maximum atomic E-state index is 12.5. The molecule has 0 saturated carbocycles. The van der Waals surface area contributed by atoms with Crippen molar-refractivity contribution in [2.24, 2.45) is 5.92 Å². The van der Waals surface area contributed by atoms with E-state index in [9.17, 15) is 14.9 Å². The first-order valence-corrected chi connectivity index (χ1v) is 9.62. The van der Waals surface area contributed by atoms with Crippen LogP contribution in [0.5, 0.6) is 0 Å². The van der Waals surface area contributed by atoms with Gasteiger partial charge in [-0.1, -0.05) is 0 Å². The summed E-state index contributed by atoms with van der Waals surface area (Å²) in [5.74, 6) is -0.889. The SMILES string of the molecule is CCOC(=O)C1CCCN(/C=C(/C#N)C(=O)Nc2ccc(I)cc2C)C1. The summed E-state index contributed by atoms with van der Waals surface area (Å²) >= 11 is 2.21. The molecule has 7 heteroatoms. The Morgan fingerprint density at radius 3 is 2.92 bits per heavy atom. The number of rotatable bonds is 5. The van der Waals surface area contributed by atoms with E-state index in [2.05, 4.69) is 27.9 Å². The molecule has 1 N–H and O–H groups in total. The van der Waals surface area contributed by atoms with Crippen LogP contribution in [0.15, 0.2) is 30.0 Å². The molecule has 1 fully saturated rings. The Morgan fingerprint density at radius 1 is 1.50 bits per heavy atom. The largest absolute Gasteiger partial charge is 0.466 e. The first kappa shape index (κ1) is 20.2. The summed E-state index contributed by atoms with van der Waals surface area (Å²) in [6.07, 6.45) is 3.12. The van der Waals surface area contributed by atoms with E-state index in [1.54, 1.807) is 13.1 Å². The van der Waals surface area contributed by atoms with Crippen molar-refractivity contribution < 1.29 is 14.3 Å². The zero-order chi connectivity index (χ0) is 19.1. The third-order valence-corrected chi connectivity index (χ3v) is 4.86. The Morgan fingerprint density at radius 2 is 2.27 bits per heavy atom. The van der Waals surface area contributed by atoms with Crippen LogP contribution in [0.1, 0.15) is 25.3 Å². The standard InChI is InChI=1S/C19H22IN3O3/c1-3-26-19(25)14-5-4-8-23(11-14)12-15(10-21)18(24)22-17-7-6-16(20)9-13(17)2/h6-7,9,12,14H,3-5,8,11H2,1-2H3,(H,22,24)/b15-12-. The number of benzene rings is 1. The van der Waals surface area contributed by atoms with Crippen LogP contribution in [0.25, 0.3) is 0 Å². The van der Waals surface area contributed by atoms with E-state index in [0.717, 1.165) is 22.0 Å². The van der Waals surface area contributed by atoms with Gasteiger partial charge in [0.1, 0.15) is 11.6 Å². The number of carbonyl (C=O) groups is 2. The van der Waals surface area contributed by atoms with Crippen LogP contribution in [0.4, 0.5) is 5.69 Å². The van der Waals surface area contributed by atoms with Crippen LogP contribution in [0, 0.1) is 27.7 Å². The molecular weight excluding hydrogens is 445 g/mol. The zero-order valence-electron chi connectivity index (χ0n) is 14.9. The molecule has 1 heterocycles. The molecule has 1 amide bonds. The molecule has 26 heavy (non-hydrogen) atoms. The molecule has 0 aromatic heterocycles. The summed E-state index contributed by atoms with van der Waals surface area (Å²) in [5, 5.41) is 12.2. The molecule has 6 nitrogen and oxygen atoms in total. The Hall–Kier alpha value is -2.08. The lowest BCUT2D eigenvalue weighted by Gasteiger charge is -2.30. The zero-order valence-corrected chi connectivity index (χ0v) is 17.1. The van der Waals surface area contributed by atoms with Crippen LogP contribution in [0.3, 0.4) is 0 Å². The lowest BCUT2D eigenvalue weighted by molar-refractivity contribution is -0.149. The highest BCUT2D eigenvalue weighted by atomic mass is 127. The number of anilines is 1. The molecule has 1 aliphatic rings. The fourth-order valence-electron chi connectivity index (χ4n) is 2.85. The van der Waals surface area contributed by atoms with E-state index in [-0.39, 0.29) is 17.5 Å². The average molecular weight is 467 g/mol. The van der Waals surface area contributed by atoms with Gasteiger partial charge in [-0.3, -0.25) is 9.59 Å². The van der Waals surface area contributed by atoms with Gasteiger partial charge in [-0.05, 0) is 73.0 Å². The van der Waals surface area contributed by atoms with Crippen molar-refractivity contribution >= 4 is 40.2 Å². The highest BCUT2D eigenvalue weighted by Gasteiger charge is 2.26. The summed E-state index contributed by atoms with van der Waals surface area (Å²) in [6, 6.07) is 7.64. The lowest BCUT2D eigenvalue weighted by atomic mass is 9.98.